The summed E-state index contributed by atoms with van der Waals surface area (Å²) < 4.78 is 38.9. The summed E-state index contributed by atoms with van der Waals surface area (Å²) in [6.45, 7) is 1.56. The molecule has 0 aliphatic rings. The number of aromatic nitrogens is 3. The van der Waals surface area contributed by atoms with Gasteiger partial charge in [-0.15, -0.1) is 0 Å². The molecule has 0 aliphatic heterocycles. The van der Waals surface area contributed by atoms with Crippen molar-refractivity contribution in [3.63, 3.8) is 0 Å². The molecule has 0 saturated carbocycles. The van der Waals surface area contributed by atoms with Gasteiger partial charge in [-0.1, -0.05) is 0 Å². The maximum Gasteiger partial charge on any atom is 0.420 e. The van der Waals surface area contributed by atoms with Crippen molar-refractivity contribution in [1.29, 1.82) is 0 Å². The Kier molecular flexibility index (Phi) is 2.53. The van der Waals surface area contributed by atoms with Gasteiger partial charge in [-0.2, -0.15) is 23.0 Å². The van der Waals surface area contributed by atoms with Crippen molar-refractivity contribution >= 4 is 0 Å². The Morgan fingerprint density at radius 2 is 2.06 bits per heavy atom. The fraction of sp³-hybridized carbons (Fsp3) is 0.200. The molecule has 2 rings (SSSR count). The molecule has 0 bridgehead atoms. The Morgan fingerprint density at radius 1 is 1.35 bits per heavy atom. The average Bonchev–Trinajstić information content (AvgIpc) is 2.56. The maximum atomic E-state index is 12.7. The van der Waals surface area contributed by atoms with E-state index < -0.39 is 17.6 Å². The molecule has 90 valence electrons. The predicted octanol–water partition coefficient (Wildman–Crippen LogP) is 2.30. The predicted molar refractivity (Wildman–Crippen MR) is 52.8 cm³/mol. The van der Waals surface area contributed by atoms with E-state index in [1.54, 1.807) is 6.92 Å². The highest BCUT2D eigenvalue weighted by molar-refractivity contribution is 5.38. The molecule has 0 radical (unpaired) electrons. The molecule has 17 heavy (non-hydrogen) atoms. The average molecular weight is 243 g/mol. The van der Waals surface area contributed by atoms with Crippen LogP contribution in [0.5, 0.6) is 5.88 Å². The van der Waals surface area contributed by atoms with E-state index in [-0.39, 0.29) is 5.88 Å². The number of alkyl halides is 3. The number of hydrogen-bond donors (Lipinski definition) is 1. The largest absolute Gasteiger partial charge is 0.493 e. The molecule has 0 aromatic carbocycles. The van der Waals surface area contributed by atoms with Crippen molar-refractivity contribution in [3.05, 3.63) is 35.7 Å². The standard InChI is InChI=1S/C10H8F3N3O/c1-6-5-8(17)16(15-6)9-7(10(11,12)13)3-2-4-14-9/h2-5,17H,1H3. The Balaban J connectivity index is 2.64. The van der Waals surface area contributed by atoms with Gasteiger partial charge in [0, 0.05) is 12.3 Å². The second-order valence-electron chi connectivity index (χ2n) is 3.43. The summed E-state index contributed by atoms with van der Waals surface area (Å²) in [6.07, 6.45) is -3.34. The van der Waals surface area contributed by atoms with Crippen LogP contribution < -0.4 is 0 Å². The first-order valence-electron chi connectivity index (χ1n) is 4.68. The molecule has 2 aromatic heterocycles. The quantitative estimate of drug-likeness (QED) is 0.836. The third kappa shape index (κ3) is 2.08. The summed E-state index contributed by atoms with van der Waals surface area (Å²) >= 11 is 0. The molecule has 0 spiro atoms. The molecular weight excluding hydrogens is 235 g/mol. The van der Waals surface area contributed by atoms with Crippen LogP contribution in [0.15, 0.2) is 24.4 Å². The summed E-state index contributed by atoms with van der Waals surface area (Å²) in [5.74, 6) is -0.822. The van der Waals surface area contributed by atoms with E-state index >= 15 is 0 Å². The van der Waals surface area contributed by atoms with E-state index in [1.165, 1.54) is 18.3 Å². The summed E-state index contributed by atoms with van der Waals surface area (Å²) in [7, 11) is 0. The van der Waals surface area contributed by atoms with E-state index in [1.807, 2.05) is 0 Å². The third-order valence-corrected chi connectivity index (χ3v) is 2.11. The second kappa shape index (κ2) is 3.76. The van der Waals surface area contributed by atoms with Crippen molar-refractivity contribution in [2.75, 3.05) is 0 Å². The van der Waals surface area contributed by atoms with E-state index in [0.29, 0.717) is 5.69 Å². The van der Waals surface area contributed by atoms with Crippen LogP contribution in [0.2, 0.25) is 0 Å². The van der Waals surface area contributed by atoms with Gasteiger partial charge in [-0.05, 0) is 19.1 Å². The highest BCUT2D eigenvalue weighted by Crippen LogP contribution is 2.33. The van der Waals surface area contributed by atoms with Crippen LogP contribution in [0.25, 0.3) is 5.82 Å². The van der Waals surface area contributed by atoms with E-state index in [2.05, 4.69) is 10.1 Å². The molecule has 0 fully saturated rings. The Morgan fingerprint density at radius 3 is 2.59 bits per heavy atom. The molecule has 2 heterocycles. The van der Waals surface area contributed by atoms with Crippen molar-refractivity contribution in [1.82, 2.24) is 14.8 Å². The summed E-state index contributed by atoms with van der Waals surface area (Å²) in [6, 6.07) is 3.33. The van der Waals surface area contributed by atoms with Gasteiger partial charge < -0.3 is 5.11 Å². The van der Waals surface area contributed by atoms with Gasteiger partial charge in [-0.25, -0.2) is 4.98 Å². The summed E-state index contributed by atoms with van der Waals surface area (Å²) in [5.41, 5.74) is -0.542. The van der Waals surface area contributed by atoms with Gasteiger partial charge >= 0.3 is 6.18 Å². The van der Waals surface area contributed by atoms with Gasteiger partial charge in [-0.3, -0.25) is 0 Å². The van der Waals surface area contributed by atoms with E-state index in [9.17, 15) is 18.3 Å². The van der Waals surface area contributed by atoms with Crippen LogP contribution in [-0.2, 0) is 6.18 Å². The van der Waals surface area contributed by atoms with Crippen molar-refractivity contribution in [2.45, 2.75) is 13.1 Å². The Bertz CT molecular complexity index is 548. The SMILES string of the molecule is Cc1cc(O)n(-c2ncccc2C(F)(F)F)n1. The second-order valence-corrected chi connectivity index (χ2v) is 3.43. The zero-order valence-corrected chi connectivity index (χ0v) is 8.73. The van der Waals surface area contributed by atoms with Crippen LogP contribution in [0, 0.1) is 6.92 Å². The normalized spacial score (nSPS) is 11.8. The lowest BCUT2D eigenvalue weighted by atomic mass is 10.2. The zero-order valence-electron chi connectivity index (χ0n) is 8.73. The highest BCUT2D eigenvalue weighted by atomic mass is 19.4. The van der Waals surface area contributed by atoms with Gasteiger partial charge in [0.25, 0.3) is 0 Å². The van der Waals surface area contributed by atoms with Gasteiger partial charge in [0.15, 0.2) is 5.82 Å². The van der Waals surface area contributed by atoms with Crippen molar-refractivity contribution in [3.8, 4) is 11.7 Å². The highest BCUT2D eigenvalue weighted by Gasteiger charge is 2.35. The summed E-state index contributed by atoms with van der Waals surface area (Å²) in [5, 5.41) is 13.2. The molecule has 1 N–H and O–H groups in total. The van der Waals surface area contributed by atoms with Gasteiger partial charge in [0.05, 0.1) is 5.69 Å². The lowest BCUT2D eigenvalue weighted by Crippen LogP contribution is -2.12. The van der Waals surface area contributed by atoms with Crippen LogP contribution in [0.3, 0.4) is 0 Å². The van der Waals surface area contributed by atoms with Crippen LogP contribution in [-0.4, -0.2) is 19.9 Å². The smallest absolute Gasteiger partial charge is 0.420 e. The minimum atomic E-state index is -4.55. The molecular formula is C10H8F3N3O. The molecule has 2 aromatic rings. The van der Waals surface area contributed by atoms with Gasteiger partial charge in [0.1, 0.15) is 5.56 Å². The first-order chi connectivity index (χ1) is 7.89. The molecule has 4 nitrogen and oxygen atoms in total. The van der Waals surface area contributed by atoms with Crippen molar-refractivity contribution < 1.29 is 18.3 Å². The third-order valence-electron chi connectivity index (χ3n) is 2.11. The molecule has 0 atom stereocenters. The minimum Gasteiger partial charge on any atom is -0.493 e. The number of nitrogens with zero attached hydrogens (tertiary/aromatic N) is 3. The van der Waals surface area contributed by atoms with Gasteiger partial charge in [0.2, 0.25) is 5.88 Å². The Hall–Kier alpha value is -2.05. The number of hydrogen-bond acceptors (Lipinski definition) is 3. The van der Waals surface area contributed by atoms with Crippen LogP contribution in [0.4, 0.5) is 13.2 Å². The first kappa shape index (κ1) is 11.4. The molecule has 0 amide bonds. The molecule has 7 heteroatoms. The number of rotatable bonds is 1. The number of aromatic hydroxyl groups is 1. The van der Waals surface area contributed by atoms with E-state index in [0.717, 1.165) is 10.7 Å². The fourth-order valence-electron chi connectivity index (χ4n) is 1.43. The molecule has 0 saturated heterocycles. The van der Waals surface area contributed by atoms with Crippen LogP contribution >= 0.6 is 0 Å². The monoisotopic (exact) mass is 243 g/mol. The number of pyridine rings is 1. The lowest BCUT2D eigenvalue weighted by Gasteiger charge is -2.11. The topological polar surface area (TPSA) is 50.9 Å². The minimum absolute atomic E-state index is 0.383. The Labute approximate surface area is 94.3 Å². The number of aryl methyl sites for hydroxylation is 1. The zero-order chi connectivity index (χ0) is 12.6. The number of halogens is 3. The van der Waals surface area contributed by atoms with Crippen molar-refractivity contribution in [2.24, 2.45) is 0 Å². The molecule has 0 unspecified atom stereocenters. The first-order valence-corrected chi connectivity index (χ1v) is 4.68. The van der Waals surface area contributed by atoms with Crippen LogP contribution in [0.1, 0.15) is 11.3 Å². The maximum absolute atomic E-state index is 12.7. The summed E-state index contributed by atoms with van der Waals surface area (Å²) in [4.78, 5) is 3.61. The van der Waals surface area contributed by atoms with E-state index in [4.69, 9.17) is 0 Å². The fourth-order valence-corrected chi connectivity index (χ4v) is 1.43. The lowest BCUT2D eigenvalue weighted by molar-refractivity contribution is -0.137. The molecule has 0 aliphatic carbocycles.